The van der Waals surface area contributed by atoms with Gasteiger partial charge in [0.15, 0.2) is 6.61 Å². The van der Waals surface area contributed by atoms with Crippen molar-refractivity contribution >= 4 is 5.97 Å². The third kappa shape index (κ3) is 3.29. The van der Waals surface area contributed by atoms with Crippen LogP contribution in [0, 0.1) is 6.92 Å². The topological polar surface area (TPSA) is 87.6 Å². The molecule has 1 aromatic carbocycles. The van der Waals surface area contributed by atoms with Gasteiger partial charge in [0, 0.05) is 5.56 Å². The molecule has 0 aliphatic heterocycles. The average Bonchev–Trinajstić information content (AvgIpc) is 3.22. The Labute approximate surface area is 138 Å². The van der Waals surface area contributed by atoms with Crippen LogP contribution in [0.3, 0.4) is 0 Å². The number of para-hydroxylation sites is 1. The highest BCUT2D eigenvalue weighted by Gasteiger charge is 2.17. The number of carbonyl (C=O) groups is 1. The van der Waals surface area contributed by atoms with Crippen LogP contribution in [-0.2, 0) is 11.3 Å². The van der Waals surface area contributed by atoms with Crippen molar-refractivity contribution in [3.8, 4) is 17.1 Å². The Morgan fingerprint density at radius 1 is 1.25 bits per heavy atom. The molecule has 0 aliphatic carbocycles. The minimum absolute atomic E-state index is 0.136. The van der Waals surface area contributed by atoms with Gasteiger partial charge in [-0.2, -0.15) is 4.98 Å². The molecule has 3 aromatic rings. The Balaban J connectivity index is 1.70. The van der Waals surface area contributed by atoms with Gasteiger partial charge in [0.1, 0.15) is 5.75 Å². The predicted molar refractivity (Wildman–Crippen MR) is 83.5 cm³/mol. The molecule has 0 fully saturated rings. The summed E-state index contributed by atoms with van der Waals surface area (Å²) in [7, 11) is 0. The van der Waals surface area contributed by atoms with Crippen molar-refractivity contribution in [1.29, 1.82) is 0 Å². The zero-order valence-electron chi connectivity index (χ0n) is 13.3. The molecule has 0 saturated carbocycles. The van der Waals surface area contributed by atoms with E-state index in [2.05, 4.69) is 10.1 Å². The van der Waals surface area contributed by atoms with Crippen molar-refractivity contribution in [3.63, 3.8) is 0 Å². The number of ether oxygens (including phenoxy) is 2. The number of nitrogens with zero attached hydrogens (tertiary/aromatic N) is 2. The van der Waals surface area contributed by atoms with E-state index in [4.69, 9.17) is 18.4 Å². The number of aryl methyl sites for hydroxylation is 1. The third-order valence-corrected chi connectivity index (χ3v) is 3.27. The third-order valence-electron chi connectivity index (χ3n) is 3.27. The lowest BCUT2D eigenvalue weighted by molar-refractivity contribution is 0.0392. The maximum atomic E-state index is 11.9. The van der Waals surface area contributed by atoms with Crippen molar-refractivity contribution in [2.45, 2.75) is 20.5 Å². The van der Waals surface area contributed by atoms with Crippen molar-refractivity contribution in [1.82, 2.24) is 10.1 Å². The van der Waals surface area contributed by atoms with Crippen LogP contribution in [0.5, 0.6) is 5.75 Å². The SMILES string of the molecule is CCOc1ccccc1-c1noc(COC(=O)c2occc2C)n1. The molecule has 7 heteroatoms. The number of hydrogen-bond acceptors (Lipinski definition) is 7. The predicted octanol–water partition coefficient (Wildman–Crippen LogP) is 3.39. The number of aromatic nitrogens is 2. The lowest BCUT2D eigenvalue weighted by atomic mass is 10.2. The van der Waals surface area contributed by atoms with E-state index in [-0.39, 0.29) is 18.3 Å². The molecular weight excluding hydrogens is 312 g/mol. The molecule has 0 N–H and O–H groups in total. The lowest BCUT2D eigenvalue weighted by Gasteiger charge is -2.06. The van der Waals surface area contributed by atoms with Gasteiger partial charge in [-0.05, 0) is 32.0 Å². The molecule has 3 rings (SSSR count). The monoisotopic (exact) mass is 328 g/mol. The summed E-state index contributed by atoms with van der Waals surface area (Å²) in [6, 6.07) is 9.06. The van der Waals surface area contributed by atoms with E-state index >= 15 is 0 Å². The van der Waals surface area contributed by atoms with Crippen LogP contribution in [-0.4, -0.2) is 22.7 Å². The van der Waals surface area contributed by atoms with E-state index in [0.717, 1.165) is 0 Å². The second-order valence-electron chi connectivity index (χ2n) is 4.95. The highest BCUT2D eigenvalue weighted by Crippen LogP contribution is 2.27. The van der Waals surface area contributed by atoms with Gasteiger partial charge in [-0.1, -0.05) is 17.3 Å². The second-order valence-corrected chi connectivity index (χ2v) is 4.95. The summed E-state index contributed by atoms with van der Waals surface area (Å²) in [6.07, 6.45) is 1.43. The molecule has 24 heavy (non-hydrogen) atoms. The van der Waals surface area contributed by atoms with Gasteiger partial charge in [-0.15, -0.1) is 0 Å². The van der Waals surface area contributed by atoms with Crippen LogP contribution in [0.2, 0.25) is 0 Å². The zero-order chi connectivity index (χ0) is 16.9. The Morgan fingerprint density at radius 3 is 2.83 bits per heavy atom. The lowest BCUT2D eigenvalue weighted by Crippen LogP contribution is -2.05. The standard InChI is InChI=1S/C17H16N2O5/c1-3-21-13-7-5-4-6-12(13)16-18-14(24-19-16)10-23-17(20)15-11(2)8-9-22-15/h4-9H,3,10H2,1-2H3. The Bertz CT molecular complexity index is 837. The number of hydrogen-bond donors (Lipinski definition) is 0. The van der Waals surface area contributed by atoms with Crippen molar-refractivity contribution in [2.75, 3.05) is 6.61 Å². The fourth-order valence-electron chi connectivity index (χ4n) is 2.13. The molecule has 124 valence electrons. The first-order valence-electron chi connectivity index (χ1n) is 7.45. The van der Waals surface area contributed by atoms with Crippen LogP contribution in [0.4, 0.5) is 0 Å². The average molecular weight is 328 g/mol. The van der Waals surface area contributed by atoms with E-state index in [0.29, 0.717) is 29.3 Å². The van der Waals surface area contributed by atoms with E-state index < -0.39 is 5.97 Å². The number of furan rings is 1. The number of rotatable bonds is 6. The Kier molecular flexibility index (Phi) is 4.60. The van der Waals surface area contributed by atoms with Crippen molar-refractivity contribution in [3.05, 3.63) is 53.8 Å². The van der Waals surface area contributed by atoms with Gasteiger partial charge in [0.25, 0.3) is 5.89 Å². The van der Waals surface area contributed by atoms with Crippen LogP contribution in [0.15, 0.2) is 45.5 Å². The largest absolute Gasteiger partial charge is 0.493 e. The summed E-state index contributed by atoms with van der Waals surface area (Å²) in [6.45, 7) is 4.05. The summed E-state index contributed by atoms with van der Waals surface area (Å²) >= 11 is 0. The van der Waals surface area contributed by atoms with Crippen LogP contribution < -0.4 is 4.74 Å². The Morgan fingerprint density at radius 2 is 2.08 bits per heavy atom. The maximum Gasteiger partial charge on any atom is 0.375 e. The van der Waals surface area contributed by atoms with E-state index in [9.17, 15) is 4.79 Å². The molecule has 0 saturated heterocycles. The normalized spacial score (nSPS) is 10.6. The van der Waals surface area contributed by atoms with Crippen LogP contribution in [0.25, 0.3) is 11.4 Å². The van der Waals surface area contributed by atoms with Crippen LogP contribution >= 0.6 is 0 Å². The maximum absolute atomic E-state index is 11.9. The summed E-state index contributed by atoms with van der Waals surface area (Å²) in [4.78, 5) is 16.1. The first-order valence-corrected chi connectivity index (χ1v) is 7.45. The second kappa shape index (κ2) is 6.99. The van der Waals surface area contributed by atoms with Gasteiger partial charge in [0.2, 0.25) is 11.6 Å². The highest BCUT2D eigenvalue weighted by atomic mass is 16.6. The highest BCUT2D eigenvalue weighted by molar-refractivity contribution is 5.87. The number of esters is 1. The van der Waals surface area contributed by atoms with E-state index in [1.54, 1.807) is 13.0 Å². The first kappa shape index (κ1) is 15.8. The van der Waals surface area contributed by atoms with Gasteiger partial charge >= 0.3 is 5.97 Å². The molecule has 0 bridgehead atoms. The van der Waals surface area contributed by atoms with E-state index in [1.165, 1.54) is 6.26 Å². The first-order chi connectivity index (χ1) is 11.7. The molecule has 0 atom stereocenters. The minimum Gasteiger partial charge on any atom is -0.493 e. The molecule has 0 radical (unpaired) electrons. The smallest absolute Gasteiger partial charge is 0.375 e. The zero-order valence-corrected chi connectivity index (χ0v) is 13.3. The fraction of sp³-hybridized carbons (Fsp3) is 0.235. The van der Waals surface area contributed by atoms with Gasteiger partial charge in [0.05, 0.1) is 18.4 Å². The molecule has 0 unspecified atom stereocenters. The van der Waals surface area contributed by atoms with Crippen molar-refractivity contribution in [2.24, 2.45) is 0 Å². The number of benzene rings is 1. The van der Waals surface area contributed by atoms with Crippen molar-refractivity contribution < 1.29 is 23.2 Å². The van der Waals surface area contributed by atoms with Gasteiger partial charge < -0.3 is 18.4 Å². The summed E-state index contributed by atoms with van der Waals surface area (Å²) in [5, 5.41) is 3.91. The van der Waals surface area contributed by atoms with Gasteiger partial charge in [-0.25, -0.2) is 4.79 Å². The van der Waals surface area contributed by atoms with Gasteiger partial charge in [-0.3, -0.25) is 0 Å². The molecule has 7 nitrogen and oxygen atoms in total. The molecular formula is C17H16N2O5. The van der Waals surface area contributed by atoms with Crippen LogP contribution in [0.1, 0.15) is 28.9 Å². The Hall–Kier alpha value is -3.09. The summed E-state index contributed by atoms with van der Waals surface area (Å²) in [5.74, 6) is 0.812. The molecule has 0 spiro atoms. The van der Waals surface area contributed by atoms with E-state index in [1.807, 2.05) is 31.2 Å². The summed E-state index contributed by atoms with van der Waals surface area (Å²) < 4.78 is 20.9. The minimum atomic E-state index is -0.577. The molecule has 2 aromatic heterocycles. The molecule has 2 heterocycles. The molecule has 0 amide bonds. The number of carbonyl (C=O) groups excluding carboxylic acids is 1. The fourth-order valence-corrected chi connectivity index (χ4v) is 2.13. The summed E-state index contributed by atoms with van der Waals surface area (Å²) in [5.41, 5.74) is 1.42. The quantitative estimate of drug-likeness (QED) is 0.641. The molecule has 0 aliphatic rings.